The van der Waals surface area contributed by atoms with Crippen LogP contribution in [0.2, 0.25) is 10.0 Å². The number of ether oxygens (including phenoxy) is 1. The first kappa shape index (κ1) is 35.1. The fourth-order valence-corrected chi connectivity index (χ4v) is 6.91. The SMILES string of the molecule is CC(=O)N1CCN(c2c(C)n(CC(=O)Nc3ccc(Cl)c(Cl)c3)c3nc(C4=CCN(C(O)OC5CC/C=C/CCC5)CC4)nn3c2=O)CC1. The first-order chi connectivity index (χ1) is 23.6. The summed E-state index contributed by atoms with van der Waals surface area (Å²) in [5.41, 5.74) is 1.93. The van der Waals surface area contributed by atoms with E-state index >= 15 is 0 Å². The number of nitrogens with one attached hydrogen (secondary N) is 1. The molecule has 1 aromatic carbocycles. The Morgan fingerprint density at radius 3 is 2.57 bits per heavy atom. The molecular weight excluding hydrogens is 671 g/mol. The van der Waals surface area contributed by atoms with E-state index in [2.05, 4.69) is 22.6 Å². The highest BCUT2D eigenvalue weighted by molar-refractivity contribution is 6.42. The minimum Gasteiger partial charge on any atom is -0.362 e. The fraction of sp³-hybridized carbons (Fsp3) is 0.500. The lowest BCUT2D eigenvalue weighted by Gasteiger charge is -2.36. The van der Waals surface area contributed by atoms with Crippen LogP contribution >= 0.6 is 23.2 Å². The summed E-state index contributed by atoms with van der Waals surface area (Å²) in [5, 5.41) is 19.1. The molecule has 13 nitrogen and oxygen atoms in total. The molecule has 2 amide bonds. The Kier molecular flexibility index (Phi) is 11.0. The van der Waals surface area contributed by atoms with Crippen LogP contribution in [-0.4, -0.2) is 97.7 Å². The van der Waals surface area contributed by atoms with E-state index in [1.807, 2.05) is 15.9 Å². The standard InChI is InChI=1S/C34H42Cl2N8O5/c1-22-30(41-18-16-40(17-19-41)23(2)45)32(47)44-33(43(22)21-29(46)37-25-10-11-27(35)28(36)20-25)38-31(39-44)24-12-14-42(15-13-24)34(48)49-26-8-6-4-3-5-7-9-26/h3-4,10-12,20,26,34,48H,5-9,13-19,21H2,1-2H3,(H,37,46)/b4-3+. The molecule has 2 N–H and O–H groups in total. The summed E-state index contributed by atoms with van der Waals surface area (Å²) >= 11 is 12.2. The zero-order valence-electron chi connectivity index (χ0n) is 27.8. The lowest BCUT2D eigenvalue weighted by Crippen LogP contribution is -2.50. The van der Waals surface area contributed by atoms with Gasteiger partial charge in [0.1, 0.15) is 12.2 Å². The van der Waals surface area contributed by atoms with Gasteiger partial charge < -0.3 is 29.5 Å². The fourth-order valence-electron chi connectivity index (χ4n) is 6.61. The van der Waals surface area contributed by atoms with Crippen molar-refractivity contribution in [2.45, 2.75) is 71.4 Å². The van der Waals surface area contributed by atoms with Crippen molar-refractivity contribution in [2.75, 3.05) is 49.5 Å². The zero-order valence-corrected chi connectivity index (χ0v) is 29.3. The quantitative estimate of drug-likeness (QED) is 0.261. The molecular formula is C34H42Cl2N8O5. The molecule has 2 unspecified atom stereocenters. The molecule has 4 heterocycles. The second-order valence-corrected chi connectivity index (χ2v) is 13.5. The summed E-state index contributed by atoms with van der Waals surface area (Å²) in [6.45, 7) is 6.00. The van der Waals surface area contributed by atoms with E-state index in [-0.39, 0.29) is 35.8 Å². The summed E-state index contributed by atoms with van der Waals surface area (Å²) in [6.07, 6.45) is 10.7. The maximum Gasteiger partial charge on any atom is 0.299 e. The van der Waals surface area contributed by atoms with E-state index in [1.54, 1.807) is 34.6 Å². The average molecular weight is 714 g/mol. The predicted octanol–water partition coefficient (Wildman–Crippen LogP) is 4.08. The van der Waals surface area contributed by atoms with Gasteiger partial charge in [-0.2, -0.15) is 9.50 Å². The summed E-state index contributed by atoms with van der Waals surface area (Å²) in [6, 6.07) is 4.83. The van der Waals surface area contributed by atoms with Crippen LogP contribution in [0.1, 0.15) is 57.0 Å². The highest BCUT2D eigenvalue weighted by Gasteiger charge is 2.29. The van der Waals surface area contributed by atoms with Gasteiger partial charge in [-0.1, -0.05) is 41.4 Å². The van der Waals surface area contributed by atoms with Crippen LogP contribution in [0, 0.1) is 6.92 Å². The smallest absolute Gasteiger partial charge is 0.299 e. The number of allylic oxidation sites excluding steroid dienone is 2. The summed E-state index contributed by atoms with van der Waals surface area (Å²) in [4.78, 5) is 49.8. The number of aromatic nitrogens is 4. The number of carbonyl (C=O) groups excluding carboxylic acids is 2. The average Bonchev–Trinajstić information content (AvgIpc) is 3.52. The molecule has 3 aliphatic rings. The molecule has 1 saturated heterocycles. The number of hydrogen-bond acceptors (Lipinski definition) is 9. The molecule has 0 radical (unpaired) electrons. The van der Waals surface area contributed by atoms with Crippen LogP contribution < -0.4 is 15.8 Å². The van der Waals surface area contributed by atoms with Gasteiger partial charge >= 0.3 is 0 Å². The zero-order chi connectivity index (χ0) is 34.7. The van der Waals surface area contributed by atoms with Crippen LogP contribution in [0.4, 0.5) is 11.4 Å². The van der Waals surface area contributed by atoms with Crippen molar-refractivity contribution in [1.82, 2.24) is 29.0 Å². The van der Waals surface area contributed by atoms with E-state index in [9.17, 15) is 19.5 Å². The van der Waals surface area contributed by atoms with E-state index in [1.165, 1.54) is 11.4 Å². The first-order valence-corrected chi connectivity index (χ1v) is 17.5. The Hall–Kier alpha value is -3.75. The third kappa shape index (κ3) is 8.02. The van der Waals surface area contributed by atoms with Crippen LogP contribution in [-0.2, 0) is 20.9 Å². The number of amides is 2. The molecule has 1 fully saturated rings. The van der Waals surface area contributed by atoms with Crippen LogP contribution in [0.15, 0.2) is 41.2 Å². The molecule has 6 rings (SSSR count). The van der Waals surface area contributed by atoms with Gasteiger partial charge in [0.2, 0.25) is 24.0 Å². The second kappa shape index (κ2) is 15.4. The van der Waals surface area contributed by atoms with Gasteiger partial charge in [-0.3, -0.25) is 19.3 Å². The number of benzene rings is 1. The Balaban J connectivity index is 1.27. The second-order valence-electron chi connectivity index (χ2n) is 12.7. The van der Waals surface area contributed by atoms with Crippen molar-refractivity contribution in [3.05, 3.63) is 68.3 Å². The lowest BCUT2D eigenvalue weighted by molar-refractivity contribution is -0.217. The molecule has 0 spiro atoms. The monoisotopic (exact) mass is 712 g/mol. The van der Waals surface area contributed by atoms with Crippen molar-refractivity contribution in [3.63, 3.8) is 0 Å². The van der Waals surface area contributed by atoms with Gasteiger partial charge in [-0.25, -0.2) is 0 Å². The van der Waals surface area contributed by atoms with Crippen molar-refractivity contribution < 1.29 is 19.4 Å². The van der Waals surface area contributed by atoms with Crippen LogP contribution in [0.5, 0.6) is 0 Å². The number of fused-ring (bicyclic) bond motifs is 1. The molecule has 0 bridgehead atoms. The number of aliphatic hydroxyl groups is 1. The number of carbonyl (C=O) groups is 2. The maximum atomic E-state index is 14.1. The first-order valence-electron chi connectivity index (χ1n) is 16.8. The van der Waals surface area contributed by atoms with E-state index in [0.29, 0.717) is 78.6 Å². The molecule has 2 aromatic heterocycles. The molecule has 15 heteroatoms. The maximum absolute atomic E-state index is 14.1. The Labute approximate surface area is 294 Å². The summed E-state index contributed by atoms with van der Waals surface area (Å²) in [5.74, 6) is 0.249. The van der Waals surface area contributed by atoms with E-state index < -0.39 is 6.41 Å². The minimum absolute atomic E-state index is 0.00750. The molecule has 3 aromatic rings. The minimum atomic E-state index is -1.02. The van der Waals surface area contributed by atoms with Gasteiger partial charge in [0.05, 0.1) is 16.1 Å². The lowest BCUT2D eigenvalue weighted by atomic mass is 10.0. The Morgan fingerprint density at radius 2 is 1.86 bits per heavy atom. The van der Waals surface area contributed by atoms with Crippen LogP contribution in [0.3, 0.4) is 0 Å². The predicted molar refractivity (Wildman–Crippen MR) is 189 cm³/mol. The van der Waals surface area contributed by atoms with Gasteiger partial charge in [0, 0.05) is 57.6 Å². The number of hydrogen-bond donors (Lipinski definition) is 2. The van der Waals surface area contributed by atoms with Crippen molar-refractivity contribution in [3.8, 4) is 0 Å². The van der Waals surface area contributed by atoms with E-state index in [4.69, 9.17) is 32.9 Å². The third-order valence-corrected chi connectivity index (χ3v) is 10.1. The number of piperazine rings is 1. The highest BCUT2D eigenvalue weighted by Crippen LogP contribution is 2.27. The molecule has 2 aliphatic heterocycles. The van der Waals surface area contributed by atoms with E-state index in [0.717, 1.165) is 37.7 Å². The topological polar surface area (TPSA) is 138 Å². The van der Waals surface area contributed by atoms with Gasteiger partial charge in [0.25, 0.3) is 5.56 Å². The highest BCUT2D eigenvalue weighted by atomic mass is 35.5. The summed E-state index contributed by atoms with van der Waals surface area (Å²) in [7, 11) is 0. The van der Waals surface area contributed by atoms with Crippen molar-refractivity contribution in [2.24, 2.45) is 0 Å². The number of rotatable bonds is 8. The van der Waals surface area contributed by atoms with Gasteiger partial charge in [-0.05, 0) is 69.2 Å². The third-order valence-electron chi connectivity index (χ3n) is 9.39. The van der Waals surface area contributed by atoms with Gasteiger partial charge in [-0.15, -0.1) is 5.10 Å². The summed E-state index contributed by atoms with van der Waals surface area (Å²) < 4.78 is 8.99. The van der Waals surface area contributed by atoms with Crippen molar-refractivity contribution >= 4 is 57.7 Å². The number of aliphatic hydroxyl groups excluding tert-OH is 1. The number of anilines is 2. The van der Waals surface area contributed by atoms with Crippen LogP contribution in [0.25, 0.3) is 11.4 Å². The number of halogens is 2. The largest absolute Gasteiger partial charge is 0.362 e. The van der Waals surface area contributed by atoms with Gasteiger partial charge in [0.15, 0.2) is 5.82 Å². The molecule has 2 atom stereocenters. The Morgan fingerprint density at radius 1 is 1.08 bits per heavy atom. The Bertz CT molecular complexity index is 1830. The molecule has 0 saturated carbocycles. The molecule has 1 aliphatic carbocycles. The van der Waals surface area contributed by atoms with Crippen molar-refractivity contribution in [1.29, 1.82) is 0 Å². The molecule has 262 valence electrons. The molecule has 49 heavy (non-hydrogen) atoms. The normalized spacial score (nSPS) is 20.4. The number of nitrogens with zero attached hydrogens (tertiary/aromatic N) is 7.